The molecule has 0 bridgehead atoms. The molecule has 0 saturated heterocycles. The molecule has 0 fully saturated rings. The van der Waals surface area contributed by atoms with Gasteiger partial charge >= 0.3 is 0 Å². The van der Waals surface area contributed by atoms with E-state index < -0.39 is 0 Å². The minimum absolute atomic E-state index is 0.127. The fraction of sp³-hybridized carbons (Fsp3) is 0.556. The van der Waals surface area contributed by atoms with E-state index in [4.69, 9.17) is 34.8 Å². The highest BCUT2D eigenvalue weighted by Crippen LogP contribution is 2.32. The van der Waals surface area contributed by atoms with Crippen LogP contribution in [0.15, 0.2) is 6.07 Å². The smallest absolute Gasteiger partial charge is 0.137 e. The number of nitrogens with zero attached hydrogens (tertiary/aromatic N) is 2. The van der Waals surface area contributed by atoms with E-state index >= 15 is 0 Å². The molecule has 0 amide bonds. The van der Waals surface area contributed by atoms with Crippen LogP contribution in [0.2, 0.25) is 10.3 Å². The molecule has 14 heavy (non-hydrogen) atoms. The summed E-state index contributed by atoms with van der Waals surface area (Å²) in [5, 5.41) is 8.18. The summed E-state index contributed by atoms with van der Waals surface area (Å²) < 4.78 is 0. The highest BCUT2D eigenvalue weighted by Gasteiger charge is 2.24. The van der Waals surface area contributed by atoms with Crippen molar-refractivity contribution in [1.82, 2.24) is 10.2 Å². The Morgan fingerprint density at radius 3 is 2.50 bits per heavy atom. The molecule has 0 aliphatic carbocycles. The van der Waals surface area contributed by atoms with Gasteiger partial charge in [0.25, 0.3) is 0 Å². The van der Waals surface area contributed by atoms with Crippen molar-refractivity contribution in [2.24, 2.45) is 0 Å². The summed E-state index contributed by atoms with van der Waals surface area (Å²) >= 11 is 17.4. The summed E-state index contributed by atoms with van der Waals surface area (Å²) in [5.41, 5.74) is 0.762. The van der Waals surface area contributed by atoms with Gasteiger partial charge in [0.05, 0.1) is 0 Å². The third kappa shape index (κ3) is 2.72. The molecule has 0 aromatic carbocycles. The van der Waals surface area contributed by atoms with E-state index in [-0.39, 0.29) is 5.41 Å². The summed E-state index contributed by atoms with van der Waals surface area (Å²) in [6.07, 6.45) is 0.816. The zero-order valence-corrected chi connectivity index (χ0v) is 10.3. The lowest BCUT2D eigenvalue weighted by Gasteiger charge is -2.24. The van der Waals surface area contributed by atoms with Gasteiger partial charge in [-0.1, -0.05) is 37.0 Å². The van der Waals surface area contributed by atoms with Crippen LogP contribution in [0.4, 0.5) is 0 Å². The monoisotopic (exact) mass is 252 g/mol. The van der Waals surface area contributed by atoms with Crippen LogP contribution >= 0.6 is 34.8 Å². The first-order valence-electron chi connectivity index (χ1n) is 4.22. The molecule has 0 spiro atoms. The number of hydrogen-bond donors (Lipinski definition) is 0. The summed E-state index contributed by atoms with van der Waals surface area (Å²) in [6.45, 7) is 4.10. The summed E-state index contributed by atoms with van der Waals surface area (Å²) in [4.78, 5) is 0. The Kier molecular flexibility index (Phi) is 3.99. The van der Waals surface area contributed by atoms with Crippen molar-refractivity contribution < 1.29 is 0 Å². The average molecular weight is 254 g/mol. The second kappa shape index (κ2) is 4.65. The number of aromatic nitrogens is 2. The van der Waals surface area contributed by atoms with Gasteiger partial charge in [-0.25, -0.2) is 0 Å². The second-order valence-corrected chi connectivity index (χ2v) is 4.82. The number of rotatable bonds is 3. The molecule has 0 saturated carbocycles. The summed E-state index contributed by atoms with van der Waals surface area (Å²) in [6, 6.07) is 1.74. The zero-order valence-electron chi connectivity index (χ0n) is 8.02. The van der Waals surface area contributed by atoms with Gasteiger partial charge in [0.1, 0.15) is 0 Å². The summed E-state index contributed by atoms with van der Waals surface area (Å²) in [7, 11) is 0. The molecule has 1 heterocycles. The van der Waals surface area contributed by atoms with E-state index in [1.54, 1.807) is 6.07 Å². The van der Waals surface area contributed by atoms with E-state index in [2.05, 4.69) is 24.0 Å². The summed E-state index contributed by atoms with van der Waals surface area (Å²) in [5.74, 6) is 0.573. The molecule has 1 aromatic heterocycles. The van der Waals surface area contributed by atoms with E-state index in [1.807, 2.05) is 0 Å². The number of halogens is 3. The SMILES string of the molecule is CC(C)(CCCl)c1cc(Cl)nnc1Cl. The number of hydrogen-bond acceptors (Lipinski definition) is 2. The van der Waals surface area contributed by atoms with Crippen LogP contribution in [0.25, 0.3) is 0 Å². The first-order valence-corrected chi connectivity index (χ1v) is 5.51. The molecule has 5 heteroatoms. The quantitative estimate of drug-likeness (QED) is 0.768. The van der Waals surface area contributed by atoms with Gasteiger partial charge in [0.2, 0.25) is 0 Å². The topological polar surface area (TPSA) is 25.8 Å². The highest BCUT2D eigenvalue weighted by molar-refractivity contribution is 6.31. The molecule has 1 rings (SSSR count). The van der Waals surface area contributed by atoms with Gasteiger partial charge in [0.15, 0.2) is 10.3 Å². The van der Waals surface area contributed by atoms with Crippen molar-refractivity contribution in [2.45, 2.75) is 25.7 Å². The maximum atomic E-state index is 5.94. The molecule has 78 valence electrons. The Morgan fingerprint density at radius 2 is 1.93 bits per heavy atom. The van der Waals surface area contributed by atoms with Crippen molar-refractivity contribution in [1.29, 1.82) is 0 Å². The third-order valence-electron chi connectivity index (χ3n) is 2.17. The van der Waals surface area contributed by atoms with E-state index in [0.29, 0.717) is 16.2 Å². The molecule has 2 nitrogen and oxygen atoms in total. The second-order valence-electron chi connectivity index (χ2n) is 3.69. The Morgan fingerprint density at radius 1 is 1.29 bits per heavy atom. The largest absolute Gasteiger partial charge is 0.155 e. The van der Waals surface area contributed by atoms with Crippen LogP contribution in [0.3, 0.4) is 0 Å². The lowest BCUT2D eigenvalue weighted by molar-refractivity contribution is 0.506. The van der Waals surface area contributed by atoms with Gasteiger partial charge in [-0.05, 0) is 17.9 Å². The van der Waals surface area contributed by atoms with Crippen molar-refractivity contribution in [3.8, 4) is 0 Å². The van der Waals surface area contributed by atoms with Crippen LogP contribution in [0.1, 0.15) is 25.8 Å². The average Bonchev–Trinajstić information content (AvgIpc) is 2.09. The van der Waals surface area contributed by atoms with Crippen LogP contribution in [0, 0.1) is 0 Å². The Labute approximate surface area is 98.6 Å². The zero-order chi connectivity index (χ0) is 10.8. The van der Waals surface area contributed by atoms with E-state index in [1.165, 1.54) is 0 Å². The van der Waals surface area contributed by atoms with Gasteiger partial charge in [-0.15, -0.1) is 21.8 Å². The molecule has 1 aromatic rings. The van der Waals surface area contributed by atoms with Gasteiger partial charge < -0.3 is 0 Å². The van der Waals surface area contributed by atoms with Crippen molar-refractivity contribution in [3.63, 3.8) is 0 Å². The fourth-order valence-corrected chi connectivity index (χ4v) is 2.17. The first kappa shape index (κ1) is 12.0. The minimum atomic E-state index is -0.127. The molecule has 0 unspecified atom stereocenters. The first-order chi connectivity index (χ1) is 6.47. The predicted molar refractivity (Wildman–Crippen MR) is 60.4 cm³/mol. The Bertz CT molecular complexity index is 326. The lowest BCUT2D eigenvalue weighted by atomic mass is 9.83. The number of alkyl halides is 1. The van der Waals surface area contributed by atoms with E-state index in [0.717, 1.165) is 12.0 Å². The molecular formula is C9H11Cl3N2. The van der Waals surface area contributed by atoms with Crippen molar-refractivity contribution in [3.05, 3.63) is 21.9 Å². The molecule has 0 aliphatic rings. The standard InChI is InChI=1S/C9H11Cl3N2/c1-9(2,3-4-10)6-5-7(11)13-14-8(6)12/h5H,3-4H2,1-2H3. The van der Waals surface area contributed by atoms with Gasteiger partial charge in [-0.3, -0.25) is 0 Å². The van der Waals surface area contributed by atoms with Crippen molar-refractivity contribution in [2.75, 3.05) is 5.88 Å². The maximum Gasteiger partial charge on any atom is 0.155 e. The normalized spacial score (nSPS) is 11.8. The molecule has 0 N–H and O–H groups in total. The Balaban J connectivity index is 3.10. The lowest BCUT2D eigenvalue weighted by Crippen LogP contribution is -2.19. The molecular weight excluding hydrogens is 242 g/mol. The van der Waals surface area contributed by atoms with Gasteiger partial charge in [0, 0.05) is 11.4 Å². The van der Waals surface area contributed by atoms with Crippen LogP contribution in [0.5, 0.6) is 0 Å². The molecule has 0 atom stereocenters. The molecule has 0 radical (unpaired) electrons. The van der Waals surface area contributed by atoms with Crippen LogP contribution in [-0.2, 0) is 5.41 Å². The fourth-order valence-electron chi connectivity index (χ4n) is 1.20. The predicted octanol–water partition coefficient (Wildman–Crippen LogP) is 3.69. The molecule has 0 aliphatic heterocycles. The van der Waals surface area contributed by atoms with Crippen LogP contribution in [-0.4, -0.2) is 16.1 Å². The van der Waals surface area contributed by atoms with Gasteiger partial charge in [-0.2, -0.15) is 0 Å². The Hall–Kier alpha value is -0.0500. The minimum Gasteiger partial charge on any atom is -0.137 e. The van der Waals surface area contributed by atoms with Crippen molar-refractivity contribution >= 4 is 34.8 Å². The van der Waals surface area contributed by atoms with E-state index in [9.17, 15) is 0 Å². The third-order valence-corrected chi connectivity index (χ3v) is 2.82. The highest BCUT2D eigenvalue weighted by atomic mass is 35.5. The van der Waals surface area contributed by atoms with Crippen LogP contribution < -0.4 is 0 Å². The maximum absolute atomic E-state index is 5.94.